The molecule has 112 valence electrons. The van der Waals surface area contributed by atoms with E-state index in [1.807, 2.05) is 37.3 Å². The summed E-state index contributed by atoms with van der Waals surface area (Å²) in [5.41, 5.74) is 1.64. The van der Waals surface area contributed by atoms with Crippen molar-refractivity contribution in [1.29, 1.82) is 0 Å². The van der Waals surface area contributed by atoms with Crippen LogP contribution in [-0.2, 0) is 10.0 Å². The molecule has 0 aliphatic carbocycles. The van der Waals surface area contributed by atoms with Crippen LogP contribution in [0.15, 0.2) is 57.9 Å². The SMILES string of the molecule is CNS(=O)(=O)c1ccccc1NC(C)c1ccccc1Br. The van der Waals surface area contributed by atoms with Gasteiger partial charge in [0.25, 0.3) is 0 Å². The maximum atomic E-state index is 12.0. The fraction of sp³-hybridized carbons (Fsp3) is 0.200. The average Bonchev–Trinajstić information content (AvgIpc) is 2.48. The summed E-state index contributed by atoms with van der Waals surface area (Å²) in [6.45, 7) is 1.99. The molecule has 0 spiro atoms. The summed E-state index contributed by atoms with van der Waals surface area (Å²) in [5, 5.41) is 3.26. The highest BCUT2D eigenvalue weighted by atomic mass is 79.9. The van der Waals surface area contributed by atoms with E-state index in [0.717, 1.165) is 10.0 Å². The number of anilines is 1. The number of benzene rings is 2. The lowest BCUT2D eigenvalue weighted by Gasteiger charge is -2.19. The number of sulfonamides is 1. The Bertz CT molecular complexity index is 732. The fourth-order valence-corrected chi connectivity index (χ4v) is 3.59. The fourth-order valence-electron chi connectivity index (χ4n) is 2.07. The standard InChI is InChI=1S/C15H17BrN2O2S/c1-11(12-7-3-4-8-13(12)16)18-14-9-5-6-10-15(14)21(19,20)17-2/h3-11,17-18H,1-2H3. The third-order valence-corrected chi connectivity index (χ3v) is 5.38. The van der Waals surface area contributed by atoms with Crippen LogP contribution in [-0.4, -0.2) is 15.5 Å². The second kappa shape index (κ2) is 6.60. The lowest BCUT2D eigenvalue weighted by molar-refractivity contribution is 0.588. The molecule has 0 aliphatic heterocycles. The predicted octanol–water partition coefficient (Wildman–Crippen LogP) is 3.53. The van der Waals surface area contributed by atoms with Gasteiger partial charge in [0, 0.05) is 10.5 Å². The van der Waals surface area contributed by atoms with Gasteiger partial charge in [-0.2, -0.15) is 0 Å². The molecule has 0 saturated carbocycles. The number of nitrogens with one attached hydrogen (secondary N) is 2. The van der Waals surface area contributed by atoms with Crippen molar-refractivity contribution >= 4 is 31.6 Å². The van der Waals surface area contributed by atoms with Crippen molar-refractivity contribution in [3.8, 4) is 0 Å². The topological polar surface area (TPSA) is 58.2 Å². The highest BCUT2D eigenvalue weighted by Crippen LogP contribution is 2.28. The van der Waals surface area contributed by atoms with Gasteiger partial charge >= 0.3 is 0 Å². The first-order valence-corrected chi connectivity index (χ1v) is 8.77. The maximum Gasteiger partial charge on any atom is 0.242 e. The molecule has 2 aromatic carbocycles. The van der Waals surface area contributed by atoms with Crippen molar-refractivity contribution in [3.63, 3.8) is 0 Å². The molecule has 2 rings (SSSR count). The van der Waals surface area contributed by atoms with Gasteiger partial charge in [0.05, 0.1) is 5.69 Å². The molecule has 1 atom stereocenters. The van der Waals surface area contributed by atoms with Crippen molar-refractivity contribution in [3.05, 3.63) is 58.6 Å². The van der Waals surface area contributed by atoms with Crippen molar-refractivity contribution in [2.45, 2.75) is 17.9 Å². The van der Waals surface area contributed by atoms with Crippen LogP contribution < -0.4 is 10.0 Å². The van der Waals surface area contributed by atoms with Gasteiger partial charge in [-0.1, -0.05) is 46.3 Å². The number of para-hydroxylation sites is 1. The molecule has 0 bridgehead atoms. The highest BCUT2D eigenvalue weighted by molar-refractivity contribution is 9.10. The van der Waals surface area contributed by atoms with E-state index in [4.69, 9.17) is 0 Å². The summed E-state index contributed by atoms with van der Waals surface area (Å²) in [5.74, 6) is 0. The Labute approximate surface area is 133 Å². The van der Waals surface area contributed by atoms with Crippen LogP contribution in [0.25, 0.3) is 0 Å². The van der Waals surface area contributed by atoms with E-state index in [9.17, 15) is 8.42 Å². The number of rotatable bonds is 5. The van der Waals surface area contributed by atoms with Gasteiger partial charge in [0.2, 0.25) is 10.0 Å². The van der Waals surface area contributed by atoms with E-state index < -0.39 is 10.0 Å². The first-order valence-electron chi connectivity index (χ1n) is 6.49. The Morgan fingerprint density at radius 3 is 2.33 bits per heavy atom. The summed E-state index contributed by atoms with van der Waals surface area (Å²) < 4.78 is 27.4. The van der Waals surface area contributed by atoms with Crippen LogP contribution in [0.4, 0.5) is 5.69 Å². The first-order chi connectivity index (χ1) is 9.95. The number of hydrogen-bond acceptors (Lipinski definition) is 3. The Morgan fingerprint density at radius 2 is 1.67 bits per heavy atom. The molecule has 6 heteroatoms. The molecule has 0 amide bonds. The van der Waals surface area contributed by atoms with E-state index in [0.29, 0.717) is 5.69 Å². The Balaban J connectivity index is 2.35. The molecule has 0 aliphatic rings. The summed E-state index contributed by atoms with van der Waals surface area (Å²) >= 11 is 3.51. The minimum Gasteiger partial charge on any atom is -0.377 e. The van der Waals surface area contributed by atoms with Crippen LogP contribution in [0.5, 0.6) is 0 Å². The van der Waals surface area contributed by atoms with E-state index in [-0.39, 0.29) is 10.9 Å². The summed E-state index contributed by atoms with van der Waals surface area (Å²) in [4.78, 5) is 0.242. The molecule has 0 heterocycles. The van der Waals surface area contributed by atoms with E-state index in [2.05, 4.69) is 26.0 Å². The smallest absolute Gasteiger partial charge is 0.242 e. The third kappa shape index (κ3) is 3.64. The monoisotopic (exact) mass is 368 g/mol. The van der Waals surface area contributed by atoms with Crippen molar-refractivity contribution < 1.29 is 8.42 Å². The molecule has 2 N–H and O–H groups in total. The quantitative estimate of drug-likeness (QED) is 0.848. The summed E-state index contributed by atoms with van der Waals surface area (Å²) in [6.07, 6.45) is 0. The lowest BCUT2D eigenvalue weighted by Crippen LogP contribution is -2.20. The summed E-state index contributed by atoms with van der Waals surface area (Å²) in [7, 11) is -2.08. The number of hydrogen-bond donors (Lipinski definition) is 2. The van der Waals surface area contributed by atoms with Gasteiger partial charge in [-0.3, -0.25) is 0 Å². The maximum absolute atomic E-state index is 12.0. The zero-order valence-electron chi connectivity index (χ0n) is 11.8. The lowest BCUT2D eigenvalue weighted by atomic mass is 10.1. The largest absolute Gasteiger partial charge is 0.377 e. The molecule has 0 aromatic heterocycles. The van der Waals surface area contributed by atoms with Crippen molar-refractivity contribution in [2.75, 3.05) is 12.4 Å². The van der Waals surface area contributed by atoms with Crippen LogP contribution in [0.3, 0.4) is 0 Å². The molecule has 21 heavy (non-hydrogen) atoms. The first kappa shape index (κ1) is 16.0. The molecular formula is C15H17BrN2O2S. The van der Waals surface area contributed by atoms with E-state index in [1.54, 1.807) is 18.2 Å². The van der Waals surface area contributed by atoms with Crippen LogP contribution in [0, 0.1) is 0 Å². The van der Waals surface area contributed by atoms with Crippen LogP contribution in [0.1, 0.15) is 18.5 Å². The van der Waals surface area contributed by atoms with Gasteiger partial charge in [-0.25, -0.2) is 13.1 Å². The van der Waals surface area contributed by atoms with Crippen molar-refractivity contribution in [2.24, 2.45) is 0 Å². The van der Waals surface area contributed by atoms with Crippen LogP contribution in [0.2, 0.25) is 0 Å². The Morgan fingerprint density at radius 1 is 1.05 bits per heavy atom. The summed E-state index contributed by atoms with van der Waals surface area (Å²) in [6, 6.07) is 14.7. The Kier molecular flexibility index (Phi) is 5.03. The van der Waals surface area contributed by atoms with Crippen LogP contribution >= 0.6 is 15.9 Å². The molecule has 1 unspecified atom stereocenters. The molecule has 0 saturated heterocycles. The van der Waals surface area contributed by atoms with Gasteiger partial charge in [-0.15, -0.1) is 0 Å². The second-order valence-electron chi connectivity index (χ2n) is 4.59. The van der Waals surface area contributed by atoms with Gasteiger partial charge in [0.15, 0.2) is 0 Å². The molecule has 2 aromatic rings. The van der Waals surface area contributed by atoms with Gasteiger partial charge < -0.3 is 5.32 Å². The number of halogens is 1. The van der Waals surface area contributed by atoms with E-state index >= 15 is 0 Å². The normalized spacial score (nSPS) is 12.9. The second-order valence-corrected chi connectivity index (χ2v) is 7.30. The molecule has 0 radical (unpaired) electrons. The molecule has 4 nitrogen and oxygen atoms in total. The zero-order chi connectivity index (χ0) is 15.5. The third-order valence-electron chi connectivity index (χ3n) is 3.19. The minimum atomic E-state index is -3.49. The molecule has 0 fully saturated rings. The Hall–Kier alpha value is -1.37. The molecular weight excluding hydrogens is 352 g/mol. The predicted molar refractivity (Wildman–Crippen MR) is 88.9 cm³/mol. The minimum absolute atomic E-state index is 0.0335. The average molecular weight is 369 g/mol. The van der Waals surface area contributed by atoms with Gasteiger partial charge in [-0.05, 0) is 37.7 Å². The van der Waals surface area contributed by atoms with E-state index in [1.165, 1.54) is 7.05 Å². The zero-order valence-corrected chi connectivity index (χ0v) is 14.2. The van der Waals surface area contributed by atoms with Crippen molar-refractivity contribution in [1.82, 2.24) is 4.72 Å². The van der Waals surface area contributed by atoms with Gasteiger partial charge in [0.1, 0.15) is 4.90 Å². The highest BCUT2D eigenvalue weighted by Gasteiger charge is 2.18.